The summed E-state index contributed by atoms with van der Waals surface area (Å²) in [4.78, 5) is 141. The van der Waals surface area contributed by atoms with Crippen LogP contribution in [-0.4, -0.2) is 194 Å². The second-order valence-corrected chi connectivity index (χ2v) is 22.4. The average molecular weight is 1150 g/mol. The molecule has 13 unspecified atom stereocenters. The number of nitrogens with two attached hydrogens (primary N) is 5. The van der Waals surface area contributed by atoms with Crippen LogP contribution in [0.2, 0.25) is 0 Å². The van der Waals surface area contributed by atoms with Crippen molar-refractivity contribution in [1.29, 1.82) is 0 Å². The fourth-order valence-electron chi connectivity index (χ4n) is 9.17. The molecule has 0 saturated carbocycles. The van der Waals surface area contributed by atoms with Crippen molar-refractivity contribution < 1.29 is 58.2 Å². The van der Waals surface area contributed by atoms with Crippen LogP contribution in [0.1, 0.15) is 139 Å². The molecule has 0 radical (unpaired) electrons. The molecule has 466 valence electrons. The molecule has 1 rings (SSSR count). The van der Waals surface area contributed by atoms with Crippen LogP contribution in [0.4, 0.5) is 0 Å². The summed E-state index contributed by atoms with van der Waals surface area (Å²) >= 11 is 0. The Morgan fingerprint density at radius 1 is 0.630 bits per heavy atom. The quantitative estimate of drug-likeness (QED) is 0.0340. The number of aliphatic hydroxyl groups is 2. The van der Waals surface area contributed by atoms with Crippen LogP contribution in [0.25, 0.3) is 0 Å². The molecule has 1 saturated heterocycles. The lowest BCUT2D eigenvalue weighted by atomic mass is 9.92. The smallest absolute Gasteiger partial charge is 0.243 e. The van der Waals surface area contributed by atoms with E-state index in [0.717, 1.165) is 12.8 Å². The molecule has 27 nitrogen and oxygen atoms in total. The van der Waals surface area contributed by atoms with Gasteiger partial charge in [-0.25, -0.2) is 0 Å². The summed E-state index contributed by atoms with van der Waals surface area (Å²) < 4.78 is 0. The van der Waals surface area contributed by atoms with Crippen LogP contribution in [0, 0.1) is 23.7 Å². The zero-order valence-corrected chi connectivity index (χ0v) is 49.6. The van der Waals surface area contributed by atoms with Crippen LogP contribution in [0.5, 0.6) is 0 Å². The Morgan fingerprint density at radius 2 is 1.11 bits per heavy atom. The molecule has 9 amide bonds. The molecule has 1 fully saturated rings. The number of nitrogens with one attached hydrogen (secondary N) is 9. The Bertz CT molecular complexity index is 2000. The summed E-state index contributed by atoms with van der Waals surface area (Å²) in [6.45, 7) is 13.3. The number of ketones is 1. The molecule has 0 spiro atoms. The van der Waals surface area contributed by atoms with Crippen molar-refractivity contribution in [3.63, 3.8) is 0 Å². The Morgan fingerprint density at radius 3 is 1.58 bits per heavy atom. The first-order chi connectivity index (χ1) is 38.2. The summed E-state index contributed by atoms with van der Waals surface area (Å²) in [6, 6.07) is -11.1. The average Bonchev–Trinajstić information content (AvgIpc) is 3.42. The van der Waals surface area contributed by atoms with Gasteiger partial charge >= 0.3 is 0 Å². The fraction of sp³-hybridized carbons (Fsp3) is 0.815. The van der Waals surface area contributed by atoms with Gasteiger partial charge in [0.1, 0.15) is 36.3 Å². The highest BCUT2D eigenvalue weighted by Crippen LogP contribution is 2.17. The molecule has 0 bridgehead atoms. The normalized spacial score (nSPS) is 23.8. The van der Waals surface area contributed by atoms with Crippen molar-refractivity contribution in [2.24, 2.45) is 52.3 Å². The summed E-state index contributed by atoms with van der Waals surface area (Å²) in [5.41, 5.74) is 29.5. The van der Waals surface area contributed by atoms with Crippen LogP contribution in [-0.2, 0) is 47.9 Å². The van der Waals surface area contributed by atoms with E-state index in [1.807, 2.05) is 13.8 Å². The lowest BCUT2D eigenvalue weighted by Crippen LogP contribution is -2.61. The van der Waals surface area contributed by atoms with Gasteiger partial charge in [0.2, 0.25) is 53.2 Å². The molecule has 0 aromatic heterocycles. The van der Waals surface area contributed by atoms with Gasteiger partial charge < -0.3 is 91.6 Å². The number of nitrogens with zero attached hydrogens (tertiary/aromatic N) is 1. The zero-order valence-electron chi connectivity index (χ0n) is 49.6. The number of aliphatic hydroxyl groups excluding tert-OH is 2. The molecular formula is C54H103N15O12. The summed E-state index contributed by atoms with van der Waals surface area (Å²) in [5.74, 6) is -8.42. The van der Waals surface area contributed by atoms with Crippen LogP contribution in [0.3, 0.4) is 0 Å². The standard InChI is InChI=1S/C54H103N15O12/c1-10-32(6)12-11-13-46(73)69(9)44(18-24-59)54(81)68-43(34(8)71)29-61-37(15-21-56)48(75)65-40-19-25-60-47(74)35(33(7)70)28-45(72)36(14-20-55)62-49(76)38(16-22-57)64-52(79)41(26-30(2)3)67-53(80)42(27-31(4)5)66-50(77)39(17-23-58)63-51(40)78/h30-44,61,70-71H,10-29,55-59H2,1-9H3,(H,60,74)(H,62,76)(H,63,78)(H,64,79)(H,65,75)(H,66,77)(H,67,80)(H,68,81). The molecule has 81 heavy (non-hydrogen) atoms. The first-order valence-electron chi connectivity index (χ1n) is 29.0. The van der Waals surface area contributed by atoms with Crippen molar-refractivity contribution in [3.05, 3.63) is 0 Å². The second-order valence-electron chi connectivity index (χ2n) is 22.4. The van der Waals surface area contributed by atoms with Crippen molar-refractivity contribution in [1.82, 2.24) is 52.8 Å². The van der Waals surface area contributed by atoms with E-state index in [-0.39, 0.29) is 121 Å². The van der Waals surface area contributed by atoms with Crippen LogP contribution < -0.4 is 76.5 Å². The van der Waals surface area contributed by atoms with Gasteiger partial charge in [0, 0.05) is 33.0 Å². The van der Waals surface area contributed by atoms with Gasteiger partial charge in [0.25, 0.3) is 0 Å². The lowest BCUT2D eigenvalue weighted by molar-refractivity contribution is -0.139. The molecule has 21 N–H and O–H groups in total. The number of amides is 9. The number of likely N-dealkylation sites (N-methyl/N-ethyl adjacent to an activating group) is 1. The van der Waals surface area contributed by atoms with E-state index in [1.165, 1.54) is 25.8 Å². The van der Waals surface area contributed by atoms with Gasteiger partial charge in [-0.2, -0.15) is 0 Å². The summed E-state index contributed by atoms with van der Waals surface area (Å²) in [6.07, 6.45) is -0.845. The van der Waals surface area contributed by atoms with Crippen molar-refractivity contribution in [2.75, 3.05) is 52.9 Å². The molecule has 1 aliphatic rings. The second kappa shape index (κ2) is 39.1. The number of rotatable bonds is 29. The van der Waals surface area contributed by atoms with Crippen molar-refractivity contribution >= 4 is 58.9 Å². The molecule has 27 heteroatoms. The minimum atomic E-state index is -1.51. The maximum atomic E-state index is 14.5. The van der Waals surface area contributed by atoms with Crippen LogP contribution >= 0.6 is 0 Å². The van der Waals surface area contributed by atoms with Gasteiger partial charge in [-0.15, -0.1) is 0 Å². The van der Waals surface area contributed by atoms with Crippen LogP contribution in [0.15, 0.2) is 0 Å². The predicted octanol–water partition coefficient (Wildman–Crippen LogP) is -3.93. The fourth-order valence-corrected chi connectivity index (χ4v) is 9.17. The van der Waals surface area contributed by atoms with E-state index < -0.39 is 132 Å². The Labute approximate surface area is 479 Å². The largest absolute Gasteiger partial charge is 0.393 e. The minimum absolute atomic E-state index is 0.0261. The van der Waals surface area contributed by atoms with Gasteiger partial charge in [-0.3, -0.25) is 47.9 Å². The van der Waals surface area contributed by atoms with E-state index in [1.54, 1.807) is 13.8 Å². The molecule has 0 aromatic rings. The first kappa shape index (κ1) is 73.6. The highest BCUT2D eigenvalue weighted by atomic mass is 16.3. The third-order valence-corrected chi connectivity index (χ3v) is 14.4. The highest BCUT2D eigenvalue weighted by molar-refractivity contribution is 5.98. The summed E-state index contributed by atoms with van der Waals surface area (Å²) in [5, 5.41) is 46.1. The van der Waals surface area contributed by atoms with Gasteiger partial charge in [0.15, 0.2) is 5.78 Å². The topological polar surface area (TPSA) is 453 Å². The van der Waals surface area contributed by atoms with E-state index in [2.05, 4.69) is 61.7 Å². The lowest BCUT2D eigenvalue weighted by Gasteiger charge is -2.31. The maximum Gasteiger partial charge on any atom is 0.243 e. The first-order valence-corrected chi connectivity index (χ1v) is 29.0. The van der Waals surface area contributed by atoms with E-state index >= 15 is 0 Å². The molecular weight excluding hydrogens is 1050 g/mol. The SMILES string of the molecule is CCC(C)CCCC(=O)N(C)C(CCN)C(=O)NC(CNC(CCN)C(=O)NC1CCNC(=O)C(C(C)O)CC(=O)C(CCN)NC(=O)C(CCN)NC(=O)C(CC(C)C)NC(=O)C(CC(C)C)NC(=O)C(CCN)NC1=O)C(C)O. The Kier molecular flexibility index (Phi) is 35.6. The maximum absolute atomic E-state index is 14.5. The predicted molar refractivity (Wildman–Crippen MR) is 307 cm³/mol. The monoisotopic (exact) mass is 1150 g/mol. The number of carbonyl (C=O) groups is 10. The number of hydrogen-bond acceptors (Lipinski definition) is 18. The molecule has 0 aliphatic carbocycles. The van der Waals surface area contributed by atoms with E-state index in [0.29, 0.717) is 12.3 Å². The number of carbonyl (C=O) groups excluding carboxylic acids is 10. The van der Waals surface area contributed by atoms with Gasteiger partial charge in [0.05, 0.1) is 36.3 Å². The third-order valence-electron chi connectivity index (χ3n) is 14.4. The highest BCUT2D eigenvalue weighted by Gasteiger charge is 2.37. The molecule has 1 aliphatic heterocycles. The van der Waals surface area contributed by atoms with Crippen molar-refractivity contribution in [2.45, 2.75) is 205 Å². The van der Waals surface area contributed by atoms with Gasteiger partial charge in [-0.1, -0.05) is 54.4 Å². The number of Topliss-reactive ketones (excluding diaryl/α,β-unsaturated/α-hetero) is 1. The zero-order chi connectivity index (χ0) is 61.5. The summed E-state index contributed by atoms with van der Waals surface area (Å²) in [7, 11) is 1.52. The van der Waals surface area contributed by atoms with E-state index in [9.17, 15) is 58.2 Å². The Hall–Kier alpha value is -5.42. The van der Waals surface area contributed by atoms with Crippen molar-refractivity contribution in [3.8, 4) is 0 Å². The van der Waals surface area contributed by atoms with E-state index in [4.69, 9.17) is 28.7 Å². The Balaban J connectivity index is 3.80. The minimum Gasteiger partial charge on any atom is -0.393 e. The number of hydrogen-bond donors (Lipinski definition) is 16. The van der Waals surface area contributed by atoms with Gasteiger partial charge in [-0.05, 0) is 122 Å². The molecule has 1 heterocycles. The molecule has 0 aromatic carbocycles. The molecule has 13 atom stereocenters. The third kappa shape index (κ3) is 27.0.